The van der Waals surface area contributed by atoms with E-state index in [4.69, 9.17) is 0 Å². The molecular weight excluding hydrogens is 403 g/mol. The lowest BCUT2D eigenvalue weighted by Gasteiger charge is -2.24. The van der Waals surface area contributed by atoms with Gasteiger partial charge in [-0.3, -0.25) is 9.59 Å². The SMILES string of the molecule is Cc1cc(C)c2[nH]c(=O)c(CN(Cc3ccc(F)cc3)C(=O)c3ccccc3C)cc2c1. The fourth-order valence-electron chi connectivity index (χ4n) is 4.05. The van der Waals surface area contributed by atoms with Crippen LogP contribution in [0.1, 0.15) is 38.2 Å². The lowest BCUT2D eigenvalue weighted by atomic mass is 10.0. The number of nitrogens with zero attached hydrogens (tertiary/aromatic N) is 1. The molecule has 0 saturated carbocycles. The molecule has 0 atom stereocenters. The van der Waals surface area contributed by atoms with Crippen LogP contribution in [0.25, 0.3) is 10.9 Å². The van der Waals surface area contributed by atoms with Crippen molar-refractivity contribution >= 4 is 16.8 Å². The second kappa shape index (κ2) is 8.79. The number of aromatic nitrogens is 1. The van der Waals surface area contributed by atoms with E-state index in [1.807, 2.05) is 57.2 Å². The lowest BCUT2D eigenvalue weighted by Crippen LogP contribution is -2.33. The second-order valence-corrected chi connectivity index (χ2v) is 8.27. The highest BCUT2D eigenvalue weighted by molar-refractivity contribution is 5.95. The number of aromatic amines is 1. The number of halogens is 1. The minimum Gasteiger partial charge on any atom is -0.330 e. The summed E-state index contributed by atoms with van der Waals surface area (Å²) in [5, 5.41) is 0.933. The number of benzene rings is 3. The van der Waals surface area contributed by atoms with Crippen molar-refractivity contribution in [3.8, 4) is 0 Å². The Kier molecular flexibility index (Phi) is 5.91. The van der Waals surface area contributed by atoms with Gasteiger partial charge in [0.1, 0.15) is 5.82 Å². The molecule has 32 heavy (non-hydrogen) atoms. The van der Waals surface area contributed by atoms with Crippen LogP contribution in [-0.4, -0.2) is 15.8 Å². The van der Waals surface area contributed by atoms with E-state index < -0.39 is 0 Å². The Morgan fingerprint density at radius 3 is 2.34 bits per heavy atom. The first-order chi connectivity index (χ1) is 15.3. The smallest absolute Gasteiger partial charge is 0.254 e. The molecule has 0 spiro atoms. The van der Waals surface area contributed by atoms with Gasteiger partial charge in [0.05, 0.1) is 12.1 Å². The van der Waals surface area contributed by atoms with E-state index in [-0.39, 0.29) is 30.4 Å². The summed E-state index contributed by atoms with van der Waals surface area (Å²) in [4.78, 5) is 31.0. The molecule has 4 nitrogen and oxygen atoms in total. The Morgan fingerprint density at radius 2 is 1.62 bits per heavy atom. The highest BCUT2D eigenvalue weighted by atomic mass is 19.1. The fourth-order valence-corrected chi connectivity index (χ4v) is 4.05. The van der Waals surface area contributed by atoms with Gasteiger partial charge < -0.3 is 9.88 Å². The van der Waals surface area contributed by atoms with E-state index in [1.54, 1.807) is 23.1 Å². The quantitative estimate of drug-likeness (QED) is 0.461. The third-order valence-electron chi connectivity index (χ3n) is 5.68. The third kappa shape index (κ3) is 4.47. The van der Waals surface area contributed by atoms with Crippen LogP contribution in [0.3, 0.4) is 0 Å². The van der Waals surface area contributed by atoms with Gasteiger partial charge in [0.2, 0.25) is 0 Å². The van der Waals surface area contributed by atoms with Gasteiger partial charge in [0.15, 0.2) is 0 Å². The molecular formula is C27H25FN2O2. The van der Waals surface area contributed by atoms with Gasteiger partial charge >= 0.3 is 0 Å². The maximum atomic E-state index is 13.5. The van der Waals surface area contributed by atoms with Gasteiger partial charge in [0, 0.05) is 17.7 Å². The fraction of sp³-hybridized carbons (Fsp3) is 0.185. The van der Waals surface area contributed by atoms with Gasteiger partial charge in [-0.05, 0) is 73.2 Å². The molecule has 162 valence electrons. The van der Waals surface area contributed by atoms with Crippen LogP contribution in [0.5, 0.6) is 0 Å². The maximum Gasteiger partial charge on any atom is 0.254 e. The second-order valence-electron chi connectivity index (χ2n) is 8.27. The number of fused-ring (bicyclic) bond motifs is 1. The zero-order valence-corrected chi connectivity index (χ0v) is 18.4. The average molecular weight is 429 g/mol. The van der Waals surface area contributed by atoms with Crippen molar-refractivity contribution in [2.75, 3.05) is 0 Å². The predicted molar refractivity (Wildman–Crippen MR) is 125 cm³/mol. The lowest BCUT2D eigenvalue weighted by molar-refractivity contribution is 0.0728. The summed E-state index contributed by atoms with van der Waals surface area (Å²) in [5.41, 5.74) is 5.43. The number of rotatable bonds is 5. The number of H-pyrrole nitrogens is 1. The van der Waals surface area contributed by atoms with Gasteiger partial charge in [-0.25, -0.2) is 4.39 Å². The largest absolute Gasteiger partial charge is 0.330 e. The number of carbonyl (C=O) groups excluding carboxylic acids is 1. The van der Waals surface area contributed by atoms with Crippen molar-refractivity contribution in [2.24, 2.45) is 0 Å². The molecule has 0 radical (unpaired) electrons. The molecule has 1 amide bonds. The van der Waals surface area contributed by atoms with Crippen LogP contribution in [0.4, 0.5) is 4.39 Å². The summed E-state index contributed by atoms with van der Waals surface area (Å²) in [6.45, 7) is 6.27. The molecule has 0 fully saturated rings. The normalized spacial score (nSPS) is 11.0. The monoisotopic (exact) mass is 428 g/mol. The number of carbonyl (C=O) groups is 1. The molecule has 1 heterocycles. The van der Waals surface area contributed by atoms with Crippen molar-refractivity contribution in [3.05, 3.63) is 116 Å². The summed E-state index contributed by atoms with van der Waals surface area (Å²) in [5.74, 6) is -0.505. The van der Waals surface area contributed by atoms with Crippen LogP contribution in [0, 0.1) is 26.6 Å². The van der Waals surface area contributed by atoms with Crippen LogP contribution in [-0.2, 0) is 13.1 Å². The Morgan fingerprint density at radius 1 is 0.906 bits per heavy atom. The van der Waals surface area contributed by atoms with E-state index in [0.717, 1.165) is 33.2 Å². The molecule has 0 aliphatic rings. The first kappa shape index (κ1) is 21.5. The van der Waals surface area contributed by atoms with E-state index in [9.17, 15) is 14.0 Å². The topological polar surface area (TPSA) is 53.2 Å². The van der Waals surface area contributed by atoms with Crippen molar-refractivity contribution in [1.29, 1.82) is 0 Å². The van der Waals surface area contributed by atoms with E-state index >= 15 is 0 Å². The van der Waals surface area contributed by atoms with E-state index in [2.05, 4.69) is 4.98 Å². The summed E-state index contributed by atoms with van der Waals surface area (Å²) in [6.07, 6.45) is 0. The van der Waals surface area contributed by atoms with Crippen molar-refractivity contribution in [2.45, 2.75) is 33.9 Å². The summed E-state index contributed by atoms with van der Waals surface area (Å²) < 4.78 is 13.4. The Balaban J connectivity index is 1.75. The average Bonchev–Trinajstić information content (AvgIpc) is 2.75. The van der Waals surface area contributed by atoms with Gasteiger partial charge in [-0.2, -0.15) is 0 Å². The highest BCUT2D eigenvalue weighted by Crippen LogP contribution is 2.20. The molecule has 0 bridgehead atoms. The highest BCUT2D eigenvalue weighted by Gasteiger charge is 2.20. The number of hydrogen-bond acceptors (Lipinski definition) is 2. The van der Waals surface area contributed by atoms with Crippen LogP contribution < -0.4 is 5.56 Å². The van der Waals surface area contributed by atoms with E-state index in [1.165, 1.54) is 12.1 Å². The number of hydrogen-bond donors (Lipinski definition) is 1. The number of amides is 1. The first-order valence-electron chi connectivity index (χ1n) is 10.5. The molecule has 0 aliphatic heterocycles. The van der Waals surface area contributed by atoms with Crippen molar-refractivity contribution < 1.29 is 9.18 Å². The third-order valence-corrected chi connectivity index (χ3v) is 5.68. The van der Waals surface area contributed by atoms with Crippen molar-refractivity contribution in [3.63, 3.8) is 0 Å². The summed E-state index contributed by atoms with van der Waals surface area (Å²) in [7, 11) is 0. The van der Waals surface area contributed by atoms with Gasteiger partial charge in [0.25, 0.3) is 11.5 Å². The molecule has 0 unspecified atom stereocenters. The zero-order chi connectivity index (χ0) is 22.8. The summed E-state index contributed by atoms with van der Waals surface area (Å²) >= 11 is 0. The Hall–Kier alpha value is -3.73. The van der Waals surface area contributed by atoms with Gasteiger partial charge in [-0.15, -0.1) is 0 Å². The Bertz CT molecular complexity index is 1360. The Labute approximate surface area is 186 Å². The van der Waals surface area contributed by atoms with Crippen molar-refractivity contribution in [1.82, 2.24) is 9.88 Å². The molecule has 5 heteroatoms. The summed E-state index contributed by atoms with van der Waals surface area (Å²) in [6, 6.07) is 19.4. The minimum atomic E-state index is -0.331. The molecule has 4 rings (SSSR count). The predicted octanol–water partition coefficient (Wildman–Crippen LogP) is 5.44. The molecule has 0 saturated heterocycles. The molecule has 1 N–H and O–H groups in total. The van der Waals surface area contributed by atoms with Crippen LogP contribution >= 0.6 is 0 Å². The molecule has 1 aromatic heterocycles. The standard InChI is InChI=1S/C27H25FN2O2/c1-17-12-19(3)25-21(13-17)14-22(26(31)29-25)16-30(15-20-8-10-23(28)11-9-20)27(32)24-7-5-4-6-18(24)2/h4-14H,15-16H2,1-3H3,(H,29,31). The van der Waals surface area contributed by atoms with E-state index in [0.29, 0.717) is 11.1 Å². The molecule has 0 aliphatic carbocycles. The molecule has 4 aromatic rings. The van der Waals surface area contributed by atoms with Gasteiger partial charge in [-0.1, -0.05) is 42.0 Å². The van der Waals surface area contributed by atoms with Crippen LogP contribution in [0.2, 0.25) is 0 Å². The minimum absolute atomic E-state index is 0.142. The zero-order valence-electron chi connectivity index (χ0n) is 18.4. The number of nitrogens with one attached hydrogen (secondary N) is 1. The first-order valence-corrected chi connectivity index (χ1v) is 10.5. The maximum absolute atomic E-state index is 13.5. The number of aryl methyl sites for hydroxylation is 3. The number of pyridine rings is 1. The van der Waals surface area contributed by atoms with Crippen LogP contribution in [0.15, 0.2) is 71.5 Å². The molecule has 3 aromatic carbocycles.